The Bertz CT molecular complexity index is 873. The molecular formula is C20H23NO4S. The van der Waals surface area contributed by atoms with Crippen molar-refractivity contribution in [3.63, 3.8) is 0 Å². The van der Waals surface area contributed by atoms with Crippen molar-refractivity contribution in [2.24, 2.45) is 0 Å². The molecule has 1 fully saturated rings. The van der Waals surface area contributed by atoms with Gasteiger partial charge in [-0.1, -0.05) is 24.3 Å². The van der Waals surface area contributed by atoms with E-state index in [1.165, 1.54) is 6.26 Å². The van der Waals surface area contributed by atoms with Gasteiger partial charge in [-0.2, -0.15) is 0 Å². The molecule has 2 aromatic carbocycles. The summed E-state index contributed by atoms with van der Waals surface area (Å²) >= 11 is 0. The molecule has 1 saturated heterocycles. The van der Waals surface area contributed by atoms with Gasteiger partial charge in [-0.15, -0.1) is 0 Å². The van der Waals surface area contributed by atoms with Crippen LogP contribution in [0.3, 0.4) is 0 Å². The Balaban J connectivity index is 1.77. The number of likely N-dealkylation sites (tertiary alicyclic amines) is 1. The van der Waals surface area contributed by atoms with Crippen molar-refractivity contribution in [1.82, 2.24) is 4.90 Å². The molecule has 0 saturated carbocycles. The highest BCUT2D eigenvalue weighted by molar-refractivity contribution is 7.89. The van der Waals surface area contributed by atoms with Crippen LogP contribution in [0.4, 0.5) is 0 Å². The highest BCUT2D eigenvalue weighted by Crippen LogP contribution is 2.33. The third-order valence-electron chi connectivity index (χ3n) is 4.64. The van der Waals surface area contributed by atoms with E-state index in [1.807, 2.05) is 29.2 Å². The first-order chi connectivity index (χ1) is 12.4. The van der Waals surface area contributed by atoms with Crippen molar-refractivity contribution in [1.29, 1.82) is 0 Å². The van der Waals surface area contributed by atoms with E-state index in [2.05, 4.69) is 0 Å². The molecular weight excluding hydrogens is 350 g/mol. The van der Waals surface area contributed by atoms with E-state index in [1.54, 1.807) is 31.4 Å². The molecule has 1 aliphatic rings. The molecule has 1 amide bonds. The monoisotopic (exact) mass is 373 g/mol. The summed E-state index contributed by atoms with van der Waals surface area (Å²) in [5.74, 6) is 0.764. The molecule has 5 nitrogen and oxygen atoms in total. The molecule has 2 aromatic rings. The van der Waals surface area contributed by atoms with Gasteiger partial charge in [0.15, 0.2) is 9.84 Å². The van der Waals surface area contributed by atoms with Crippen LogP contribution in [0.15, 0.2) is 48.5 Å². The average Bonchev–Trinajstić information content (AvgIpc) is 3.10. The van der Waals surface area contributed by atoms with Crippen LogP contribution in [-0.2, 0) is 15.6 Å². The van der Waals surface area contributed by atoms with Crippen molar-refractivity contribution < 1.29 is 17.9 Å². The van der Waals surface area contributed by atoms with Gasteiger partial charge in [0.05, 0.1) is 18.9 Å². The fraction of sp³-hybridized carbons (Fsp3) is 0.350. The van der Waals surface area contributed by atoms with Crippen LogP contribution < -0.4 is 4.74 Å². The maximum Gasteiger partial charge on any atom is 0.254 e. The molecule has 0 spiro atoms. The minimum atomic E-state index is -3.08. The lowest BCUT2D eigenvalue weighted by atomic mass is 10.0. The Labute approximate surface area is 154 Å². The van der Waals surface area contributed by atoms with E-state index in [4.69, 9.17) is 4.74 Å². The van der Waals surface area contributed by atoms with Gasteiger partial charge in [0.2, 0.25) is 0 Å². The summed E-state index contributed by atoms with van der Waals surface area (Å²) in [6.45, 7) is 0.723. The first-order valence-corrected chi connectivity index (χ1v) is 10.6. The summed E-state index contributed by atoms with van der Waals surface area (Å²) in [5, 5.41) is 0. The molecule has 1 unspecified atom stereocenters. The number of rotatable bonds is 5. The maximum absolute atomic E-state index is 12.9. The summed E-state index contributed by atoms with van der Waals surface area (Å²) in [5.41, 5.74) is 2.38. The van der Waals surface area contributed by atoms with E-state index >= 15 is 0 Å². The number of amides is 1. The molecule has 1 aliphatic heterocycles. The van der Waals surface area contributed by atoms with Crippen molar-refractivity contribution in [3.8, 4) is 5.75 Å². The fourth-order valence-corrected chi connectivity index (χ4v) is 4.19. The number of ether oxygens (including phenoxy) is 1. The molecule has 1 heterocycles. The molecule has 26 heavy (non-hydrogen) atoms. The first kappa shape index (κ1) is 18.5. The number of benzene rings is 2. The van der Waals surface area contributed by atoms with E-state index in [9.17, 15) is 13.2 Å². The summed E-state index contributed by atoms with van der Waals surface area (Å²) < 4.78 is 28.0. The zero-order chi connectivity index (χ0) is 18.7. The first-order valence-electron chi connectivity index (χ1n) is 8.59. The molecule has 0 aromatic heterocycles. The topological polar surface area (TPSA) is 63.7 Å². The van der Waals surface area contributed by atoms with Crippen LogP contribution in [0.1, 0.15) is 40.4 Å². The molecule has 6 heteroatoms. The molecule has 1 atom stereocenters. The lowest BCUT2D eigenvalue weighted by Gasteiger charge is -2.25. The Morgan fingerprint density at radius 1 is 1.12 bits per heavy atom. The van der Waals surface area contributed by atoms with Gasteiger partial charge in [0, 0.05) is 18.4 Å². The van der Waals surface area contributed by atoms with Crippen LogP contribution in [0.25, 0.3) is 0 Å². The van der Waals surface area contributed by atoms with Gasteiger partial charge < -0.3 is 9.64 Å². The fourth-order valence-electron chi connectivity index (χ4n) is 3.39. The predicted molar refractivity (Wildman–Crippen MR) is 101 cm³/mol. The van der Waals surface area contributed by atoms with Gasteiger partial charge in [0.1, 0.15) is 5.75 Å². The van der Waals surface area contributed by atoms with Crippen LogP contribution in [-0.4, -0.2) is 39.1 Å². The van der Waals surface area contributed by atoms with Crippen LogP contribution in [0.5, 0.6) is 5.75 Å². The van der Waals surface area contributed by atoms with Crippen molar-refractivity contribution in [2.45, 2.75) is 24.6 Å². The second-order valence-corrected chi connectivity index (χ2v) is 8.84. The lowest BCUT2D eigenvalue weighted by Crippen LogP contribution is -2.30. The number of methoxy groups -OCH3 is 1. The average molecular weight is 373 g/mol. The summed E-state index contributed by atoms with van der Waals surface area (Å²) in [4.78, 5) is 14.8. The van der Waals surface area contributed by atoms with Gasteiger partial charge in [-0.25, -0.2) is 8.42 Å². The van der Waals surface area contributed by atoms with Crippen molar-refractivity contribution in [3.05, 3.63) is 65.2 Å². The Hall–Kier alpha value is -2.34. The van der Waals surface area contributed by atoms with Crippen LogP contribution in [0.2, 0.25) is 0 Å². The zero-order valence-electron chi connectivity index (χ0n) is 15.0. The second-order valence-electron chi connectivity index (χ2n) is 6.70. The van der Waals surface area contributed by atoms with E-state index in [0.29, 0.717) is 11.1 Å². The van der Waals surface area contributed by atoms with Crippen LogP contribution >= 0.6 is 0 Å². The lowest BCUT2D eigenvalue weighted by molar-refractivity contribution is 0.0735. The molecule has 3 rings (SSSR count). The normalized spacial score (nSPS) is 17.3. The van der Waals surface area contributed by atoms with Gasteiger partial charge in [0.25, 0.3) is 5.91 Å². The van der Waals surface area contributed by atoms with Crippen molar-refractivity contribution >= 4 is 15.7 Å². The third kappa shape index (κ3) is 4.25. The van der Waals surface area contributed by atoms with Crippen molar-refractivity contribution in [2.75, 3.05) is 19.9 Å². The summed E-state index contributed by atoms with van der Waals surface area (Å²) in [6, 6.07) is 14.8. The maximum atomic E-state index is 12.9. The van der Waals surface area contributed by atoms with E-state index in [-0.39, 0.29) is 17.7 Å². The summed E-state index contributed by atoms with van der Waals surface area (Å²) in [6.07, 6.45) is 3.11. The summed E-state index contributed by atoms with van der Waals surface area (Å²) in [7, 11) is -1.45. The molecule has 138 valence electrons. The standard InChI is InChI=1S/C20H23NO4S/c1-25-18-11-9-16(10-12-18)19-4-3-13-21(19)20(22)17-7-5-15(6-8-17)14-26(2,23)24/h5-12,19H,3-4,13-14H2,1-2H3. The molecule has 0 aliphatic carbocycles. The number of hydrogen-bond donors (Lipinski definition) is 0. The van der Waals surface area contributed by atoms with Gasteiger partial charge >= 0.3 is 0 Å². The quantitative estimate of drug-likeness (QED) is 0.807. The Morgan fingerprint density at radius 3 is 2.35 bits per heavy atom. The predicted octanol–water partition coefficient (Wildman–Crippen LogP) is 3.22. The second kappa shape index (κ2) is 7.50. The van der Waals surface area contributed by atoms with E-state index in [0.717, 1.165) is 30.7 Å². The Kier molecular flexibility index (Phi) is 5.32. The molecule has 0 bridgehead atoms. The minimum absolute atomic E-state index is 0.0142. The number of carbonyl (C=O) groups is 1. The molecule has 0 radical (unpaired) electrons. The number of nitrogens with zero attached hydrogens (tertiary/aromatic N) is 1. The zero-order valence-corrected chi connectivity index (χ0v) is 15.8. The van der Waals surface area contributed by atoms with Crippen LogP contribution in [0, 0.1) is 0 Å². The number of carbonyl (C=O) groups excluding carboxylic acids is 1. The van der Waals surface area contributed by atoms with Gasteiger partial charge in [-0.05, 0) is 48.2 Å². The molecule has 0 N–H and O–H groups in total. The Morgan fingerprint density at radius 2 is 1.77 bits per heavy atom. The smallest absolute Gasteiger partial charge is 0.254 e. The van der Waals surface area contributed by atoms with E-state index < -0.39 is 9.84 Å². The largest absolute Gasteiger partial charge is 0.497 e. The third-order valence-corrected chi connectivity index (χ3v) is 5.50. The highest BCUT2D eigenvalue weighted by Gasteiger charge is 2.30. The SMILES string of the molecule is COc1ccc(C2CCCN2C(=O)c2ccc(CS(C)(=O)=O)cc2)cc1. The minimum Gasteiger partial charge on any atom is -0.497 e. The van der Waals surface area contributed by atoms with Gasteiger partial charge in [-0.3, -0.25) is 4.79 Å². The number of hydrogen-bond acceptors (Lipinski definition) is 4. The highest BCUT2D eigenvalue weighted by atomic mass is 32.2. The number of sulfone groups is 1.